The molecule has 6 nitrogen and oxygen atoms in total. The SMILES string of the molecule is CCOc1ccccc1N1CCN(CN2C(=O)C[C@@H](c3ccccc3)C2=O)CC1. The molecule has 29 heavy (non-hydrogen) atoms. The molecule has 0 aliphatic carbocycles. The molecule has 2 fully saturated rings. The molecule has 152 valence electrons. The lowest BCUT2D eigenvalue weighted by Gasteiger charge is -2.37. The monoisotopic (exact) mass is 393 g/mol. The Bertz CT molecular complexity index is 863. The highest BCUT2D eigenvalue weighted by atomic mass is 16.5. The van der Waals surface area contributed by atoms with Gasteiger partial charge in [-0.1, -0.05) is 42.5 Å². The molecule has 0 unspecified atom stereocenters. The zero-order valence-corrected chi connectivity index (χ0v) is 16.8. The molecule has 0 aromatic heterocycles. The van der Waals surface area contributed by atoms with E-state index in [4.69, 9.17) is 4.74 Å². The van der Waals surface area contributed by atoms with Crippen LogP contribution in [-0.2, 0) is 9.59 Å². The van der Waals surface area contributed by atoms with Gasteiger partial charge in [0, 0.05) is 32.6 Å². The number of carbonyl (C=O) groups is 2. The zero-order chi connectivity index (χ0) is 20.2. The summed E-state index contributed by atoms with van der Waals surface area (Å²) in [6.07, 6.45) is 0.268. The van der Waals surface area contributed by atoms with Gasteiger partial charge >= 0.3 is 0 Å². The molecule has 2 aromatic rings. The third kappa shape index (κ3) is 4.12. The van der Waals surface area contributed by atoms with E-state index < -0.39 is 0 Å². The summed E-state index contributed by atoms with van der Waals surface area (Å²) in [4.78, 5) is 31.3. The molecule has 0 radical (unpaired) electrons. The smallest absolute Gasteiger partial charge is 0.238 e. The Hall–Kier alpha value is -2.86. The van der Waals surface area contributed by atoms with Crippen molar-refractivity contribution in [3.05, 3.63) is 60.2 Å². The van der Waals surface area contributed by atoms with Crippen LogP contribution in [0.1, 0.15) is 24.8 Å². The second-order valence-corrected chi connectivity index (χ2v) is 7.47. The van der Waals surface area contributed by atoms with Crippen LogP contribution < -0.4 is 9.64 Å². The minimum atomic E-state index is -0.344. The van der Waals surface area contributed by atoms with E-state index in [1.807, 2.05) is 55.5 Å². The average molecular weight is 393 g/mol. The Morgan fingerprint density at radius 2 is 1.62 bits per heavy atom. The summed E-state index contributed by atoms with van der Waals surface area (Å²) in [6, 6.07) is 17.7. The number of benzene rings is 2. The van der Waals surface area contributed by atoms with E-state index in [1.165, 1.54) is 4.90 Å². The first-order valence-corrected chi connectivity index (χ1v) is 10.3. The van der Waals surface area contributed by atoms with Crippen LogP contribution in [0.15, 0.2) is 54.6 Å². The van der Waals surface area contributed by atoms with Crippen LogP contribution in [0, 0.1) is 0 Å². The van der Waals surface area contributed by atoms with Crippen molar-refractivity contribution >= 4 is 17.5 Å². The molecule has 2 amide bonds. The third-order valence-corrected chi connectivity index (χ3v) is 5.67. The van der Waals surface area contributed by atoms with Gasteiger partial charge in [0.15, 0.2) is 0 Å². The maximum Gasteiger partial charge on any atom is 0.238 e. The lowest BCUT2D eigenvalue weighted by molar-refractivity contribution is -0.141. The Kier molecular flexibility index (Phi) is 5.81. The zero-order valence-electron chi connectivity index (χ0n) is 16.8. The van der Waals surface area contributed by atoms with E-state index in [-0.39, 0.29) is 24.2 Å². The molecule has 0 saturated carbocycles. The maximum absolute atomic E-state index is 12.8. The minimum absolute atomic E-state index is 0.0759. The first-order chi connectivity index (χ1) is 14.2. The Morgan fingerprint density at radius 3 is 2.34 bits per heavy atom. The first-order valence-electron chi connectivity index (χ1n) is 10.3. The number of nitrogens with zero attached hydrogens (tertiary/aromatic N) is 3. The second kappa shape index (κ2) is 8.66. The largest absolute Gasteiger partial charge is 0.492 e. The van der Waals surface area contributed by atoms with Gasteiger partial charge in [0.25, 0.3) is 0 Å². The fourth-order valence-corrected chi connectivity index (χ4v) is 4.10. The summed E-state index contributed by atoms with van der Waals surface area (Å²) in [7, 11) is 0. The number of likely N-dealkylation sites (tertiary alicyclic amines) is 1. The normalized spacial score (nSPS) is 20.4. The molecule has 0 N–H and O–H groups in total. The first kappa shape index (κ1) is 19.5. The molecular formula is C23H27N3O3. The number of amides is 2. The highest BCUT2D eigenvalue weighted by molar-refractivity contribution is 6.06. The van der Waals surface area contributed by atoms with Gasteiger partial charge in [-0.2, -0.15) is 0 Å². The van der Waals surface area contributed by atoms with Crippen molar-refractivity contribution in [3.63, 3.8) is 0 Å². The van der Waals surface area contributed by atoms with E-state index >= 15 is 0 Å². The number of carbonyl (C=O) groups excluding carboxylic acids is 2. The summed E-state index contributed by atoms with van der Waals surface area (Å²) in [5.41, 5.74) is 2.03. The van der Waals surface area contributed by atoms with E-state index in [9.17, 15) is 9.59 Å². The molecule has 0 bridgehead atoms. The van der Waals surface area contributed by atoms with Gasteiger partial charge in [-0.05, 0) is 24.6 Å². The van der Waals surface area contributed by atoms with Gasteiger partial charge in [0.1, 0.15) is 5.75 Å². The fraction of sp³-hybridized carbons (Fsp3) is 0.391. The van der Waals surface area contributed by atoms with Gasteiger partial charge in [-0.3, -0.25) is 19.4 Å². The van der Waals surface area contributed by atoms with Crippen LogP contribution in [0.4, 0.5) is 5.69 Å². The average Bonchev–Trinajstić information content (AvgIpc) is 3.04. The van der Waals surface area contributed by atoms with Crippen molar-refractivity contribution in [1.29, 1.82) is 0 Å². The van der Waals surface area contributed by atoms with E-state index in [0.29, 0.717) is 13.3 Å². The van der Waals surface area contributed by atoms with E-state index in [2.05, 4.69) is 15.9 Å². The Balaban J connectivity index is 1.36. The highest BCUT2D eigenvalue weighted by Gasteiger charge is 2.40. The van der Waals surface area contributed by atoms with Crippen LogP contribution in [0.5, 0.6) is 5.75 Å². The van der Waals surface area contributed by atoms with Crippen LogP contribution in [-0.4, -0.2) is 61.1 Å². The molecule has 2 aliphatic heterocycles. The lowest BCUT2D eigenvalue weighted by atomic mass is 9.98. The van der Waals surface area contributed by atoms with Crippen molar-refractivity contribution in [2.75, 3.05) is 44.4 Å². The summed E-state index contributed by atoms with van der Waals surface area (Å²) in [5.74, 6) is 0.403. The maximum atomic E-state index is 12.8. The minimum Gasteiger partial charge on any atom is -0.492 e. The summed E-state index contributed by atoms with van der Waals surface area (Å²) >= 11 is 0. The van der Waals surface area contributed by atoms with Gasteiger partial charge in [-0.15, -0.1) is 0 Å². The van der Waals surface area contributed by atoms with E-state index in [1.54, 1.807) is 0 Å². The molecule has 0 spiro atoms. The molecule has 4 rings (SSSR count). The summed E-state index contributed by atoms with van der Waals surface area (Å²) in [6.45, 7) is 6.27. The Morgan fingerprint density at radius 1 is 0.931 bits per heavy atom. The predicted molar refractivity (Wildman–Crippen MR) is 112 cm³/mol. The van der Waals surface area contributed by atoms with Crippen molar-refractivity contribution in [3.8, 4) is 5.75 Å². The standard InChI is InChI=1S/C23H27N3O3/c1-2-29-21-11-7-6-10-20(21)25-14-12-24(13-15-25)17-26-22(27)16-19(23(26)28)18-8-4-3-5-9-18/h3-11,19H,2,12-17H2,1H3/t19-/m0/s1. The molecule has 1 atom stereocenters. The number of hydrogen-bond acceptors (Lipinski definition) is 5. The molecule has 6 heteroatoms. The van der Waals surface area contributed by atoms with Crippen molar-refractivity contribution in [2.24, 2.45) is 0 Å². The number of para-hydroxylation sites is 2. The third-order valence-electron chi connectivity index (χ3n) is 5.67. The molecule has 2 aromatic carbocycles. The molecule has 2 heterocycles. The van der Waals surface area contributed by atoms with Crippen LogP contribution in [0.2, 0.25) is 0 Å². The summed E-state index contributed by atoms with van der Waals surface area (Å²) < 4.78 is 5.75. The van der Waals surface area contributed by atoms with Crippen LogP contribution >= 0.6 is 0 Å². The van der Waals surface area contributed by atoms with Gasteiger partial charge < -0.3 is 9.64 Å². The molecular weight excluding hydrogens is 366 g/mol. The Labute approximate surface area is 171 Å². The second-order valence-electron chi connectivity index (χ2n) is 7.47. The van der Waals surface area contributed by atoms with Crippen LogP contribution in [0.25, 0.3) is 0 Å². The topological polar surface area (TPSA) is 53.1 Å². The molecule has 2 aliphatic rings. The number of hydrogen-bond donors (Lipinski definition) is 0. The quantitative estimate of drug-likeness (QED) is 0.707. The molecule has 2 saturated heterocycles. The summed E-state index contributed by atoms with van der Waals surface area (Å²) in [5, 5.41) is 0. The fourth-order valence-electron chi connectivity index (χ4n) is 4.10. The number of rotatable bonds is 6. The van der Waals surface area contributed by atoms with Crippen molar-refractivity contribution < 1.29 is 14.3 Å². The number of imide groups is 1. The van der Waals surface area contributed by atoms with E-state index in [0.717, 1.165) is 43.2 Å². The van der Waals surface area contributed by atoms with Gasteiger partial charge in [0.05, 0.1) is 24.9 Å². The van der Waals surface area contributed by atoms with Crippen LogP contribution in [0.3, 0.4) is 0 Å². The van der Waals surface area contributed by atoms with Gasteiger partial charge in [-0.25, -0.2) is 0 Å². The predicted octanol–water partition coefficient (Wildman–Crippen LogP) is 2.71. The highest BCUT2D eigenvalue weighted by Crippen LogP contribution is 2.31. The van der Waals surface area contributed by atoms with Gasteiger partial charge in [0.2, 0.25) is 11.8 Å². The number of piperazine rings is 1. The number of anilines is 1. The van der Waals surface area contributed by atoms with Crippen molar-refractivity contribution in [1.82, 2.24) is 9.80 Å². The lowest BCUT2D eigenvalue weighted by Crippen LogP contribution is -2.51. The van der Waals surface area contributed by atoms with Crippen molar-refractivity contribution in [2.45, 2.75) is 19.3 Å². The number of ether oxygens (including phenoxy) is 1.